The Labute approximate surface area is 115 Å². The molecule has 1 aliphatic heterocycles. The third kappa shape index (κ3) is 2.77. The van der Waals surface area contributed by atoms with Gasteiger partial charge in [-0.25, -0.2) is 0 Å². The van der Waals surface area contributed by atoms with Gasteiger partial charge in [-0.15, -0.1) is 0 Å². The average Bonchev–Trinajstić information content (AvgIpc) is 2.84. The summed E-state index contributed by atoms with van der Waals surface area (Å²) in [5.41, 5.74) is 1.74. The Morgan fingerprint density at radius 3 is 3.10 bits per heavy atom. The molecular formula is C13H14N4O3. The highest BCUT2D eigenvalue weighted by molar-refractivity contribution is 5.95. The van der Waals surface area contributed by atoms with Gasteiger partial charge in [-0.05, 0) is 17.7 Å². The molecule has 104 valence electrons. The maximum atomic E-state index is 11.3. The third-order valence-electron chi connectivity index (χ3n) is 2.86. The minimum Gasteiger partial charge on any atom is -0.482 e. The Bertz CT molecular complexity index is 638. The lowest BCUT2D eigenvalue weighted by Gasteiger charge is -2.18. The fourth-order valence-electron chi connectivity index (χ4n) is 1.97. The van der Waals surface area contributed by atoms with Crippen molar-refractivity contribution < 1.29 is 14.1 Å². The van der Waals surface area contributed by atoms with Crippen molar-refractivity contribution >= 4 is 11.6 Å². The molecule has 1 amide bonds. The molecule has 0 radical (unpaired) electrons. The van der Waals surface area contributed by atoms with Crippen molar-refractivity contribution in [2.75, 3.05) is 11.9 Å². The molecule has 2 aromatic rings. The summed E-state index contributed by atoms with van der Waals surface area (Å²) in [5, 5.41) is 9.79. The molecule has 1 aromatic heterocycles. The van der Waals surface area contributed by atoms with E-state index < -0.39 is 0 Å². The Balaban J connectivity index is 1.60. The van der Waals surface area contributed by atoms with Crippen LogP contribution in [0.4, 0.5) is 5.69 Å². The van der Waals surface area contributed by atoms with Gasteiger partial charge in [-0.1, -0.05) is 11.2 Å². The van der Waals surface area contributed by atoms with Gasteiger partial charge in [0.2, 0.25) is 5.89 Å². The van der Waals surface area contributed by atoms with Gasteiger partial charge in [-0.2, -0.15) is 4.98 Å². The van der Waals surface area contributed by atoms with E-state index in [-0.39, 0.29) is 12.5 Å². The number of fused-ring (bicyclic) bond motifs is 1. The molecule has 2 N–H and O–H groups in total. The number of aromatic nitrogens is 2. The molecule has 0 saturated carbocycles. The van der Waals surface area contributed by atoms with Gasteiger partial charge in [-0.3, -0.25) is 4.79 Å². The number of rotatable bonds is 4. The van der Waals surface area contributed by atoms with Gasteiger partial charge in [0.15, 0.2) is 12.4 Å². The minimum atomic E-state index is -0.134. The highest BCUT2D eigenvalue weighted by Crippen LogP contribution is 2.28. The van der Waals surface area contributed by atoms with Crippen LogP contribution in [-0.4, -0.2) is 22.7 Å². The maximum Gasteiger partial charge on any atom is 0.262 e. The van der Waals surface area contributed by atoms with Gasteiger partial charge in [0.1, 0.15) is 5.75 Å². The Kier molecular flexibility index (Phi) is 3.34. The molecule has 7 heteroatoms. The standard InChI is InChI=1S/C13H14N4O3/c1-8-15-12(17-20-8)6-14-5-9-2-3-11-10(4-9)16-13(18)7-19-11/h2-4,14H,5-7H2,1H3,(H,16,18). The number of amides is 1. The fourth-order valence-corrected chi connectivity index (χ4v) is 1.97. The normalized spacial score (nSPS) is 13.6. The topological polar surface area (TPSA) is 89.3 Å². The van der Waals surface area contributed by atoms with Gasteiger partial charge in [0.05, 0.1) is 12.2 Å². The van der Waals surface area contributed by atoms with Crippen LogP contribution in [0, 0.1) is 6.92 Å². The van der Waals surface area contributed by atoms with Crippen LogP contribution in [0.5, 0.6) is 5.75 Å². The molecule has 0 aliphatic carbocycles. The summed E-state index contributed by atoms with van der Waals surface area (Å²) < 4.78 is 10.2. The first-order chi connectivity index (χ1) is 9.70. The Morgan fingerprint density at radius 1 is 1.40 bits per heavy atom. The van der Waals surface area contributed by atoms with E-state index in [2.05, 4.69) is 20.8 Å². The first kappa shape index (κ1) is 12.6. The number of benzene rings is 1. The lowest BCUT2D eigenvalue weighted by molar-refractivity contribution is -0.118. The highest BCUT2D eigenvalue weighted by Gasteiger charge is 2.15. The van der Waals surface area contributed by atoms with Crippen LogP contribution in [0.25, 0.3) is 0 Å². The number of hydrogen-bond donors (Lipinski definition) is 2. The summed E-state index contributed by atoms with van der Waals surface area (Å²) in [6, 6.07) is 5.69. The number of nitrogens with one attached hydrogen (secondary N) is 2. The zero-order valence-corrected chi connectivity index (χ0v) is 11.0. The van der Waals surface area contributed by atoms with Crippen LogP contribution >= 0.6 is 0 Å². The van der Waals surface area contributed by atoms with E-state index >= 15 is 0 Å². The van der Waals surface area contributed by atoms with E-state index in [0.717, 1.165) is 5.56 Å². The average molecular weight is 274 g/mol. The number of ether oxygens (including phenoxy) is 1. The van der Waals surface area contributed by atoms with Crippen LogP contribution in [0.2, 0.25) is 0 Å². The second-order valence-corrected chi connectivity index (χ2v) is 4.50. The van der Waals surface area contributed by atoms with Crippen molar-refractivity contribution in [1.29, 1.82) is 0 Å². The van der Waals surface area contributed by atoms with Crippen LogP contribution in [0.1, 0.15) is 17.3 Å². The Hall–Kier alpha value is -2.41. The van der Waals surface area contributed by atoms with Crippen molar-refractivity contribution in [1.82, 2.24) is 15.5 Å². The van der Waals surface area contributed by atoms with E-state index in [4.69, 9.17) is 9.26 Å². The van der Waals surface area contributed by atoms with Crippen LogP contribution in [0.15, 0.2) is 22.7 Å². The highest BCUT2D eigenvalue weighted by atomic mass is 16.5. The molecule has 7 nitrogen and oxygen atoms in total. The van der Waals surface area contributed by atoms with E-state index in [1.54, 1.807) is 6.92 Å². The van der Waals surface area contributed by atoms with E-state index in [1.807, 2.05) is 18.2 Å². The van der Waals surface area contributed by atoms with Crippen molar-refractivity contribution in [3.8, 4) is 5.75 Å². The van der Waals surface area contributed by atoms with Gasteiger partial charge >= 0.3 is 0 Å². The summed E-state index contributed by atoms with van der Waals surface area (Å²) in [7, 11) is 0. The van der Waals surface area contributed by atoms with Crippen molar-refractivity contribution in [2.45, 2.75) is 20.0 Å². The second kappa shape index (κ2) is 5.30. The van der Waals surface area contributed by atoms with E-state index in [0.29, 0.717) is 36.2 Å². The van der Waals surface area contributed by atoms with Crippen molar-refractivity contribution in [2.24, 2.45) is 0 Å². The molecule has 0 spiro atoms. The zero-order valence-electron chi connectivity index (χ0n) is 11.0. The summed E-state index contributed by atoms with van der Waals surface area (Å²) in [4.78, 5) is 15.4. The van der Waals surface area contributed by atoms with Crippen molar-refractivity contribution in [3.63, 3.8) is 0 Å². The van der Waals surface area contributed by atoms with Gasteiger partial charge < -0.3 is 19.9 Å². The van der Waals surface area contributed by atoms with E-state index in [1.165, 1.54) is 0 Å². The molecule has 0 atom stereocenters. The lowest BCUT2D eigenvalue weighted by Crippen LogP contribution is -2.25. The molecule has 20 heavy (non-hydrogen) atoms. The number of hydrogen-bond acceptors (Lipinski definition) is 6. The van der Waals surface area contributed by atoms with Crippen LogP contribution in [0.3, 0.4) is 0 Å². The first-order valence-electron chi connectivity index (χ1n) is 6.26. The number of carbonyl (C=O) groups excluding carboxylic acids is 1. The van der Waals surface area contributed by atoms with Crippen molar-refractivity contribution in [3.05, 3.63) is 35.5 Å². The molecule has 2 heterocycles. The monoisotopic (exact) mass is 274 g/mol. The lowest BCUT2D eigenvalue weighted by atomic mass is 10.1. The van der Waals surface area contributed by atoms with Crippen LogP contribution in [-0.2, 0) is 17.9 Å². The second-order valence-electron chi connectivity index (χ2n) is 4.50. The molecule has 0 bridgehead atoms. The number of nitrogens with zero attached hydrogens (tertiary/aromatic N) is 2. The number of aryl methyl sites for hydroxylation is 1. The molecule has 0 fully saturated rings. The quantitative estimate of drug-likeness (QED) is 0.864. The molecule has 0 unspecified atom stereocenters. The summed E-state index contributed by atoms with van der Waals surface area (Å²) in [5.74, 6) is 1.74. The van der Waals surface area contributed by atoms with Gasteiger partial charge in [0, 0.05) is 13.5 Å². The molecule has 1 aromatic carbocycles. The largest absolute Gasteiger partial charge is 0.482 e. The summed E-state index contributed by atoms with van der Waals surface area (Å²) >= 11 is 0. The Morgan fingerprint density at radius 2 is 2.30 bits per heavy atom. The molecule has 0 saturated heterocycles. The minimum absolute atomic E-state index is 0.0712. The van der Waals surface area contributed by atoms with E-state index in [9.17, 15) is 4.79 Å². The smallest absolute Gasteiger partial charge is 0.262 e. The zero-order chi connectivity index (χ0) is 13.9. The maximum absolute atomic E-state index is 11.3. The fraction of sp³-hybridized carbons (Fsp3) is 0.308. The molecule has 3 rings (SSSR count). The molecular weight excluding hydrogens is 260 g/mol. The summed E-state index contributed by atoms with van der Waals surface area (Å²) in [6.07, 6.45) is 0. The molecule has 1 aliphatic rings. The first-order valence-corrected chi connectivity index (χ1v) is 6.26. The van der Waals surface area contributed by atoms with Gasteiger partial charge in [0.25, 0.3) is 5.91 Å². The third-order valence-corrected chi connectivity index (χ3v) is 2.86. The number of anilines is 1. The van der Waals surface area contributed by atoms with Crippen LogP contribution < -0.4 is 15.4 Å². The predicted octanol–water partition coefficient (Wildman–Crippen LogP) is 0.999. The summed E-state index contributed by atoms with van der Waals surface area (Å²) in [6.45, 7) is 2.98. The number of carbonyl (C=O) groups is 1. The SMILES string of the molecule is Cc1nc(CNCc2ccc3c(c2)NC(=O)CO3)no1. The predicted molar refractivity (Wildman–Crippen MR) is 70.1 cm³/mol.